The first-order chi connectivity index (χ1) is 14.1. The molecule has 0 amide bonds. The second-order valence-electron chi connectivity index (χ2n) is 10.5. The molecule has 2 unspecified atom stereocenters. The Hall–Kier alpha value is -1.06. The van der Waals surface area contributed by atoms with Crippen LogP contribution in [0.5, 0.6) is 0 Å². The summed E-state index contributed by atoms with van der Waals surface area (Å²) in [6, 6.07) is 0. The molecule has 4 rings (SSSR count). The first-order valence-electron chi connectivity index (χ1n) is 12.8. The van der Waals surface area contributed by atoms with Crippen LogP contribution in [-0.2, 0) is 0 Å². The largest absolute Gasteiger partial charge is 0.369 e. The van der Waals surface area contributed by atoms with Crippen molar-refractivity contribution in [2.75, 3.05) is 0 Å². The van der Waals surface area contributed by atoms with Crippen molar-refractivity contribution >= 4 is 11.7 Å². The summed E-state index contributed by atoms with van der Waals surface area (Å²) < 4.78 is 0. The predicted molar refractivity (Wildman–Crippen MR) is 125 cm³/mol. The molecule has 166 valence electrons. The Labute approximate surface area is 179 Å². The number of nitrogens with two attached hydrogens (primary N) is 2. The van der Waals surface area contributed by atoms with Gasteiger partial charge in [0.25, 0.3) is 0 Å². The number of hydrogen-bond donors (Lipinski definition) is 2. The average molecular weight is 403 g/mol. The summed E-state index contributed by atoms with van der Waals surface area (Å²) in [6.07, 6.45) is 25.1. The van der Waals surface area contributed by atoms with Gasteiger partial charge in [0, 0.05) is 17.0 Å². The number of guanidine groups is 1. The molecule has 0 saturated heterocycles. The van der Waals surface area contributed by atoms with E-state index in [-0.39, 0.29) is 5.96 Å². The molecule has 4 heteroatoms. The lowest BCUT2D eigenvalue weighted by molar-refractivity contribution is 0.0399. The van der Waals surface area contributed by atoms with Gasteiger partial charge in [0.05, 0.1) is 0 Å². The lowest BCUT2D eigenvalue weighted by Gasteiger charge is -2.57. The second kappa shape index (κ2) is 11.4. The van der Waals surface area contributed by atoms with E-state index in [1.807, 2.05) is 0 Å². The van der Waals surface area contributed by atoms with Crippen molar-refractivity contribution in [3.63, 3.8) is 0 Å². The summed E-state index contributed by atoms with van der Waals surface area (Å²) >= 11 is 0. The van der Waals surface area contributed by atoms with E-state index in [9.17, 15) is 0 Å². The Bertz CT molecular complexity index is 535. The minimum Gasteiger partial charge on any atom is -0.369 e. The van der Waals surface area contributed by atoms with Crippen LogP contribution >= 0.6 is 0 Å². The van der Waals surface area contributed by atoms with Crippen LogP contribution in [0.25, 0.3) is 0 Å². The van der Waals surface area contributed by atoms with E-state index in [1.165, 1.54) is 121 Å². The topological polar surface area (TPSA) is 76.8 Å². The highest BCUT2D eigenvalue weighted by Crippen LogP contribution is 2.60. The molecule has 4 atom stereocenters. The lowest BCUT2D eigenvalue weighted by atomic mass is 9.47. The molecule has 0 spiro atoms. The van der Waals surface area contributed by atoms with Crippen molar-refractivity contribution in [3.8, 4) is 0 Å². The molecule has 4 saturated carbocycles. The van der Waals surface area contributed by atoms with Crippen molar-refractivity contribution in [3.05, 3.63) is 0 Å². The molecule has 4 bridgehead atoms. The molecule has 0 aromatic rings. The van der Waals surface area contributed by atoms with Gasteiger partial charge in [-0.3, -0.25) is 0 Å². The third kappa shape index (κ3) is 6.46. The third-order valence-electron chi connectivity index (χ3n) is 7.97. The zero-order valence-corrected chi connectivity index (χ0v) is 19.0. The third-order valence-corrected chi connectivity index (χ3v) is 7.97. The molecule has 0 aromatic heterocycles. The van der Waals surface area contributed by atoms with Gasteiger partial charge in [0.1, 0.15) is 0 Å². The molecule has 0 heterocycles. The van der Waals surface area contributed by atoms with Gasteiger partial charge in [-0.2, -0.15) is 5.10 Å². The molecule has 0 aliphatic heterocycles. The Morgan fingerprint density at radius 2 is 1.31 bits per heavy atom. The van der Waals surface area contributed by atoms with Crippen molar-refractivity contribution in [2.24, 2.45) is 44.8 Å². The van der Waals surface area contributed by atoms with E-state index in [0.29, 0.717) is 11.3 Å². The quantitative estimate of drug-likeness (QED) is 0.150. The minimum atomic E-state index is 0.104. The maximum absolute atomic E-state index is 5.58. The fourth-order valence-corrected chi connectivity index (χ4v) is 6.89. The smallest absolute Gasteiger partial charge is 0.211 e. The van der Waals surface area contributed by atoms with Gasteiger partial charge in [0.2, 0.25) is 5.96 Å². The van der Waals surface area contributed by atoms with E-state index in [4.69, 9.17) is 11.5 Å². The lowest BCUT2D eigenvalue weighted by Crippen LogP contribution is -2.53. The van der Waals surface area contributed by atoms with Gasteiger partial charge >= 0.3 is 0 Å². The van der Waals surface area contributed by atoms with E-state index in [2.05, 4.69) is 17.1 Å². The molecule has 4 fully saturated rings. The van der Waals surface area contributed by atoms with Crippen LogP contribution < -0.4 is 11.5 Å². The molecular formula is C25H46N4. The normalized spacial score (nSPS) is 31.5. The van der Waals surface area contributed by atoms with E-state index in [1.54, 1.807) is 0 Å². The maximum Gasteiger partial charge on any atom is 0.211 e. The van der Waals surface area contributed by atoms with Crippen molar-refractivity contribution in [1.29, 1.82) is 0 Å². The van der Waals surface area contributed by atoms with Crippen LogP contribution in [0.1, 0.15) is 122 Å². The van der Waals surface area contributed by atoms with Crippen LogP contribution in [-0.4, -0.2) is 11.7 Å². The Balaban J connectivity index is 1.35. The van der Waals surface area contributed by atoms with Crippen molar-refractivity contribution < 1.29 is 0 Å². The minimum absolute atomic E-state index is 0.104. The fourth-order valence-electron chi connectivity index (χ4n) is 6.89. The van der Waals surface area contributed by atoms with E-state index >= 15 is 0 Å². The monoisotopic (exact) mass is 402 g/mol. The zero-order chi connectivity index (χ0) is 20.5. The molecule has 4 aliphatic rings. The van der Waals surface area contributed by atoms with Gasteiger partial charge in [-0.1, -0.05) is 84.0 Å². The summed E-state index contributed by atoms with van der Waals surface area (Å²) in [5.74, 6) is 2.62. The fraction of sp³-hybridized carbons (Fsp3) is 0.920. The first kappa shape index (κ1) is 22.6. The molecule has 4 nitrogen and oxygen atoms in total. The van der Waals surface area contributed by atoms with Crippen LogP contribution in [0.4, 0.5) is 0 Å². The van der Waals surface area contributed by atoms with Crippen LogP contribution in [0.15, 0.2) is 10.2 Å². The molecule has 0 aromatic carbocycles. The highest BCUT2D eigenvalue weighted by Gasteiger charge is 2.54. The highest BCUT2D eigenvalue weighted by molar-refractivity contribution is 5.94. The SMILES string of the molecule is CCCCCCCCCCCCCCC12C[C@@H]3CC(C[C@@H](C3)C1)/C2=N\N=C(N)N. The molecular weight excluding hydrogens is 356 g/mol. The van der Waals surface area contributed by atoms with Gasteiger partial charge in [-0.05, 0) is 50.4 Å². The van der Waals surface area contributed by atoms with Crippen molar-refractivity contribution in [1.82, 2.24) is 0 Å². The molecule has 29 heavy (non-hydrogen) atoms. The number of unbranched alkanes of at least 4 members (excludes halogenated alkanes) is 11. The Morgan fingerprint density at radius 1 is 0.793 bits per heavy atom. The van der Waals surface area contributed by atoms with Gasteiger partial charge < -0.3 is 11.5 Å². The predicted octanol–water partition coefficient (Wildman–Crippen LogP) is 6.53. The molecule has 4 aliphatic carbocycles. The Morgan fingerprint density at radius 3 is 1.83 bits per heavy atom. The van der Waals surface area contributed by atoms with E-state index < -0.39 is 0 Å². The van der Waals surface area contributed by atoms with Gasteiger partial charge in [0.15, 0.2) is 0 Å². The van der Waals surface area contributed by atoms with Crippen LogP contribution in [0, 0.1) is 23.2 Å². The standard InChI is InChI=1S/C25H46N4/c1-2-3-4-5-6-7-8-9-10-11-12-13-14-25-18-20-15-21(19-25)17-22(16-20)23(25)28-29-24(26)27/h20-22H,2-19H2,1H3,(H4,26,27,29)/b28-23+/t20-,21+,22?,25?. The van der Waals surface area contributed by atoms with Crippen LogP contribution in [0.3, 0.4) is 0 Å². The van der Waals surface area contributed by atoms with Gasteiger partial charge in [-0.25, -0.2) is 0 Å². The summed E-state index contributed by atoms with van der Waals surface area (Å²) in [7, 11) is 0. The zero-order valence-electron chi connectivity index (χ0n) is 19.0. The summed E-state index contributed by atoms with van der Waals surface area (Å²) in [6.45, 7) is 2.29. The van der Waals surface area contributed by atoms with Crippen LogP contribution in [0.2, 0.25) is 0 Å². The maximum atomic E-state index is 5.58. The Kier molecular flexibility index (Phi) is 8.86. The number of nitrogens with zero attached hydrogens (tertiary/aromatic N) is 2. The summed E-state index contributed by atoms with van der Waals surface area (Å²) in [5, 5.41) is 8.71. The summed E-state index contributed by atoms with van der Waals surface area (Å²) in [5.41, 5.74) is 12.8. The summed E-state index contributed by atoms with van der Waals surface area (Å²) in [4.78, 5) is 0. The second-order valence-corrected chi connectivity index (χ2v) is 10.5. The number of rotatable bonds is 14. The first-order valence-corrected chi connectivity index (χ1v) is 12.8. The van der Waals surface area contributed by atoms with Gasteiger partial charge in [-0.15, -0.1) is 5.10 Å². The molecule has 4 N–H and O–H groups in total. The number of hydrogen-bond acceptors (Lipinski definition) is 2. The molecule has 0 radical (unpaired) electrons. The van der Waals surface area contributed by atoms with E-state index in [0.717, 1.165) is 11.8 Å². The van der Waals surface area contributed by atoms with Crippen molar-refractivity contribution in [2.45, 2.75) is 122 Å². The average Bonchev–Trinajstić information content (AvgIpc) is 2.67. The highest BCUT2D eigenvalue weighted by atomic mass is 15.3.